The first-order valence-corrected chi connectivity index (χ1v) is 12.2. The van der Waals surface area contributed by atoms with Crippen LogP contribution in [0.1, 0.15) is 92.8 Å². The second-order valence-electron chi connectivity index (χ2n) is 9.49. The molecule has 31 heavy (non-hydrogen) atoms. The number of fused-ring (bicyclic) bond motifs is 1. The highest BCUT2D eigenvalue weighted by atomic mass is 16.3. The average molecular weight is 424 g/mol. The molecule has 2 amide bonds. The monoisotopic (exact) mass is 423 g/mol. The van der Waals surface area contributed by atoms with E-state index in [0.29, 0.717) is 17.9 Å². The summed E-state index contributed by atoms with van der Waals surface area (Å²) in [5.74, 6) is 1.60. The largest absolute Gasteiger partial charge is 0.440 e. The van der Waals surface area contributed by atoms with E-state index in [1.807, 2.05) is 28.0 Å². The first-order valence-electron chi connectivity index (χ1n) is 12.2. The van der Waals surface area contributed by atoms with Crippen molar-refractivity contribution in [3.8, 4) is 0 Å². The zero-order valence-electron chi connectivity index (χ0n) is 18.4. The van der Waals surface area contributed by atoms with Crippen LogP contribution in [0, 0.1) is 0 Å². The molecule has 2 saturated heterocycles. The molecular formula is C25H33N3O3. The van der Waals surface area contributed by atoms with Crippen LogP contribution in [0.4, 0.5) is 0 Å². The quantitative estimate of drug-likeness (QED) is 0.687. The Hall–Kier alpha value is -2.37. The predicted octanol–water partition coefficient (Wildman–Crippen LogP) is 4.88. The van der Waals surface area contributed by atoms with E-state index in [0.717, 1.165) is 81.6 Å². The van der Waals surface area contributed by atoms with Crippen molar-refractivity contribution >= 4 is 22.9 Å². The Labute approximate surface area is 184 Å². The number of carbonyl (C=O) groups excluding carboxylic acids is 2. The zero-order chi connectivity index (χ0) is 21.2. The van der Waals surface area contributed by atoms with Crippen LogP contribution in [-0.2, 0) is 4.79 Å². The Morgan fingerprint density at radius 2 is 1.87 bits per heavy atom. The van der Waals surface area contributed by atoms with Crippen molar-refractivity contribution in [2.24, 2.45) is 0 Å². The van der Waals surface area contributed by atoms with Crippen molar-refractivity contribution in [1.82, 2.24) is 14.8 Å². The van der Waals surface area contributed by atoms with Crippen LogP contribution >= 0.6 is 0 Å². The minimum Gasteiger partial charge on any atom is -0.440 e. The number of hydrogen-bond donors (Lipinski definition) is 0. The summed E-state index contributed by atoms with van der Waals surface area (Å²) in [5.41, 5.74) is 2.26. The van der Waals surface area contributed by atoms with Gasteiger partial charge in [-0.2, -0.15) is 0 Å². The summed E-state index contributed by atoms with van der Waals surface area (Å²) in [6.45, 7) is 2.42. The maximum absolute atomic E-state index is 13.4. The van der Waals surface area contributed by atoms with Crippen LogP contribution < -0.4 is 0 Å². The number of aromatic nitrogens is 1. The SMILES string of the molecule is O=C1CCCN1CC[C@@H]1CCCCN1C(=O)c1ccc2nc(C3CCCCC3)oc2c1. The zero-order valence-corrected chi connectivity index (χ0v) is 18.4. The lowest BCUT2D eigenvalue weighted by Crippen LogP contribution is -2.45. The standard InChI is InChI=1S/C25H33N3O3/c29-23-10-6-14-27(23)16-13-20-9-4-5-15-28(20)25(30)19-11-12-21-22(17-19)31-24(26-21)18-7-2-1-3-8-18/h11-12,17-18,20H,1-10,13-16H2/t20-/m0/s1. The minimum absolute atomic E-state index is 0.0787. The molecule has 0 spiro atoms. The van der Waals surface area contributed by atoms with Crippen LogP contribution in [0.2, 0.25) is 0 Å². The van der Waals surface area contributed by atoms with E-state index in [1.54, 1.807) is 0 Å². The fraction of sp³-hybridized carbons (Fsp3) is 0.640. The second-order valence-corrected chi connectivity index (χ2v) is 9.49. The highest BCUT2D eigenvalue weighted by Gasteiger charge is 2.30. The van der Waals surface area contributed by atoms with Gasteiger partial charge in [-0.1, -0.05) is 19.3 Å². The molecule has 3 fully saturated rings. The van der Waals surface area contributed by atoms with Gasteiger partial charge in [0.1, 0.15) is 5.52 Å². The van der Waals surface area contributed by atoms with E-state index in [1.165, 1.54) is 19.3 Å². The summed E-state index contributed by atoms with van der Waals surface area (Å²) >= 11 is 0. The molecule has 2 aliphatic heterocycles. The Morgan fingerprint density at radius 3 is 2.68 bits per heavy atom. The number of nitrogens with zero attached hydrogens (tertiary/aromatic N) is 3. The smallest absolute Gasteiger partial charge is 0.254 e. The van der Waals surface area contributed by atoms with Gasteiger partial charge in [-0.15, -0.1) is 0 Å². The number of hydrogen-bond acceptors (Lipinski definition) is 4. The van der Waals surface area contributed by atoms with E-state index < -0.39 is 0 Å². The third-order valence-corrected chi connectivity index (χ3v) is 7.40. The topological polar surface area (TPSA) is 66.7 Å². The summed E-state index contributed by atoms with van der Waals surface area (Å²) in [4.78, 5) is 34.1. The Balaban J connectivity index is 1.30. The van der Waals surface area contributed by atoms with E-state index in [9.17, 15) is 9.59 Å². The Bertz CT molecular complexity index is 947. The van der Waals surface area contributed by atoms with Gasteiger partial charge in [0.15, 0.2) is 11.5 Å². The minimum atomic E-state index is 0.0787. The van der Waals surface area contributed by atoms with Gasteiger partial charge in [-0.3, -0.25) is 9.59 Å². The first kappa shape index (κ1) is 20.5. The van der Waals surface area contributed by atoms with Gasteiger partial charge < -0.3 is 14.2 Å². The molecule has 0 N–H and O–H groups in total. The maximum Gasteiger partial charge on any atom is 0.254 e. The molecule has 0 unspecified atom stereocenters. The molecule has 2 aromatic rings. The van der Waals surface area contributed by atoms with Crippen LogP contribution in [0.15, 0.2) is 22.6 Å². The van der Waals surface area contributed by atoms with E-state index in [4.69, 9.17) is 9.40 Å². The molecule has 0 bridgehead atoms. The maximum atomic E-state index is 13.4. The van der Waals surface area contributed by atoms with Gasteiger partial charge in [0.05, 0.1) is 0 Å². The number of piperidine rings is 1. The molecule has 0 radical (unpaired) electrons. The van der Waals surface area contributed by atoms with Crippen LogP contribution in [0.5, 0.6) is 0 Å². The predicted molar refractivity (Wildman–Crippen MR) is 119 cm³/mol. The summed E-state index contributed by atoms with van der Waals surface area (Å²) in [5, 5.41) is 0. The number of benzene rings is 1. The van der Waals surface area contributed by atoms with Crippen molar-refractivity contribution in [2.45, 2.75) is 82.6 Å². The molecule has 1 saturated carbocycles. The highest BCUT2D eigenvalue weighted by molar-refractivity contribution is 5.97. The Kier molecular flexibility index (Phi) is 5.97. The highest BCUT2D eigenvalue weighted by Crippen LogP contribution is 2.34. The van der Waals surface area contributed by atoms with Crippen molar-refractivity contribution in [1.29, 1.82) is 0 Å². The van der Waals surface area contributed by atoms with Crippen molar-refractivity contribution in [3.05, 3.63) is 29.7 Å². The van der Waals surface area contributed by atoms with E-state index >= 15 is 0 Å². The number of rotatable bonds is 5. The molecule has 1 atom stereocenters. The molecule has 1 aromatic carbocycles. The molecule has 3 aliphatic rings. The molecule has 166 valence electrons. The molecule has 5 rings (SSSR count). The van der Waals surface area contributed by atoms with Crippen LogP contribution in [0.25, 0.3) is 11.1 Å². The van der Waals surface area contributed by atoms with Crippen molar-refractivity contribution in [2.75, 3.05) is 19.6 Å². The number of amides is 2. The summed E-state index contributed by atoms with van der Waals surface area (Å²) < 4.78 is 6.11. The third-order valence-electron chi connectivity index (χ3n) is 7.40. The Morgan fingerprint density at radius 1 is 1.03 bits per heavy atom. The number of likely N-dealkylation sites (tertiary alicyclic amines) is 2. The third kappa shape index (κ3) is 4.35. The second kappa shape index (κ2) is 9.01. The molecule has 3 heterocycles. The summed E-state index contributed by atoms with van der Waals surface area (Å²) in [7, 11) is 0. The molecule has 1 aliphatic carbocycles. The fourth-order valence-electron chi connectivity index (χ4n) is 5.58. The van der Waals surface area contributed by atoms with Crippen molar-refractivity contribution in [3.63, 3.8) is 0 Å². The van der Waals surface area contributed by atoms with Gasteiger partial charge in [-0.05, 0) is 63.1 Å². The molecular weight excluding hydrogens is 390 g/mol. The number of oxazole rings is 1. The van der Waals surface area contributed by atoms with Crippen molar-refractivity contribution < 1.29 is 14.0 Å². The lowest BCUT2D eigenvalue weighted by molar-refractivity contribution is -0.127. The van der Waals surface area contributed by atoms with Crippen LogP contribution in [0.3, 0.4) is 0 Å². The first-order chi connectivity index (χ1) is 15.2. The molecule has 6 heteroatoms. The van der Waals surface area contributed by atoms with E-state index in [-0.39, 0.29) is 17.9 Å². The summed E-state index contributed by atoms with van der Waals surface area (Å²) in [6, 6.07) is 5.92. The molecule has 6 nitrogen and oxygen atoms in total. The van der Waals surface area contributed by atoms with Gasteiger partial charge in [0.2, 0.25) is 5.91 Å². The van der Waals surface area contributed by atoms with Crippen LogP contribution in [-0.4, -0.2) is 52.3 Å². The van der Waals surface area contributed by atoms with Gasteiger partial charge in [-0.25, -0.2) is 4.98 Å². The summed E-state index contributed by atoms with van der Waals surface area (Å²) in [6.07, 6.45) is 11.8. The average Bonchev–Trinajstić information content (AvgIpc) is 3.43. The lowest BCUT2D eigenvalue weighted by Gasteiger charge is -2.36. The van der Waals surface area contributed by atoms with Gasteiger partial charge in [0.25, 0.3) is 5.91 Å². The van der Waals surface area contributed by atoms with E-state index in [2.05, 4.69) is 0 Å². The normalized spacial score (nSPS) is 23.1. The lowest BCUT2D eigenvalue weighted by atomic mass is 9.89. The molecule has 1 aromatic heterocycles. The number of carbonyl (C=O) groups is 2. The van der Waals surface area contributed by atoms with Gasteiger partial charge >= 0.3 is 0 Å². The van der Waals surface area contributed by atoms with Gasteiger partial charge in [0, 0.05) is 43.6 Å². The fourth-order valence-corrected chi connectivity index (χ4v) is 5.58.